The average molecular weight is 427 g/mol. The predicted molar refractivity (Wildman–Crippen MR) is 114 cm³/mol. The molecule has 0 heterocycles. The van der Waals surface area contributed by atoms with Gasteiger partial charge in [-0.25, -0.2) is 14.4 Å². The van der Waals surface area contributed by atoms with E-state index in [9.17, 15) is 19.5 Å². The van der Waals surface area contributed by atoms with Crippen molar-refractivity contribution in [3.8, 4) is 11.5 Å². The third kappa shape index (κ3) is 8.22. The lowest BCUT2D eigenvalue weighted by atomic mass is 10.1. The normalized spacial score (nSPS) is 12.2. The third-order valence-corrected chi connectivity index (χ3v) is 3.90. The first-order valence-electron chi connectivity index (χ1n) is 9.52. The number of nitrogens with one attached hydrogen (secondary N) is 1. The molecule has 2 aromatic rings. The van der Waals surface area contributed by atoms with E-state index in [1.807, 2.05) is 0 Å². The number of ether oxygens (including phenoxy) is 2. The highest BCUT2D eigenvalue weighted by Crippen LogP contribution is 2.26. The van der Waals surface area contributed by atoms with Crippen LogP contribution in [0.5, 0.6) is 11.5 Å². The van der Waals surface area contributed by atoms with E-state index >= 15 is 0 Å². The molecular formula is C23H25NO7. The van der Waals surface area contributed by atoms with E-state index in [1.54, 1.807) is 69.3 Å². The summed E-state index contributed by atoms with van der Waals surface area (Å²) in [4.78, 5) is 34.2. The van der Waals surface area contributed by atoms with Crippen LogP contribution in [-0.4, -0.2) is 39.9 Å². The minimum absolute atomic E-state index is 0.0623. The number of hydrogen-bond acceptors (Lipinski definition) is 5. The van der Waals surface area contributed by atoms with Crippen LogP contribution in [0.25, 0.3) is 6.08 Å². The molecule has 0 saturated heterocycles. The molecule has 8 heteroatoms. The summed E-state index contributed by atoms with van der Waals surface area (Å²) in [5, 5.41) is 20.6. The molecule has 0 fully saturated rings. The standard InChI is InChI=1S/C23H25NO7/c1-23(2,3)31-22(29)24-18(21(27)28)14-15-8-11-17(12-9-15)30-19-7-5-4-6-16(19)10-13-20(25)26/h4-13,18H,14H2,1-3H3,(H,24,29)(H,25,26)(H,27,28). The van der Waals surface area contributed by atoms with Gasteiger partial charge < -0.3 is 25.0 Å². The summed E-state index contributed by atoms with van der Waals surface area (Å²) in [5.41, 5.74) is 0.540. The number of aliphatic carboxylic acids is 2. The number of rotatable bonds is 8. The van der Waals surface area contributed by atoms with Crippen LogP contribution in [0.2, 0.25) is 0 Å². The van der Waals surface area contributed by atoms with Gasteiger partial charge in [0.05, 0.1) is 0 Å². The average Bonchev–Trinajstić information content (AvgIpc) is 2.66. The van der Waals surface area contributed by atoms with Crippen molar-refractivity contribution in [1.82, 2.24) is 5.32 Å². The number of carboxylic acid groups (broad SMARTS) is 2. The van der Waals surface area contributed by atoms with Gasteiger partial charge in [0.15, 0.2) is 0 Å². The molecule has 0 radical (unpaired) electrons. The fraction of sp³-hybridized carbons (Fsp3) is 0.261. The molecule has 0 saturated carbocycles. The van der Waals surface area contributed by atoms with E-state index < -0.39 is 29.7 Å². The monoisotopic (exact) mass is 427 g/mol. The van der Waals surface area contributed by atoms with Crippen molar-refractivity contribution in [2.75, 3.05) is 0 Å². The molecule has 0 aliphatic heterocycles. The topological polar surface area (TPSA) is 122 Å². The van der Waals surface area contributed by atoms with Gasteiger partial charge in [-0.2, -0.15) is 0 Å². The molecule has 2 rings (SSSR count). The summed E-state index contributed by atoms with van der Waals surface area (Å²) >= 11 is 0. The smallest absolute Gasteiger partial charge is 0.408 e. The second-order valence-corrected chi connectivity index (χ2v) is 7.70. The van der Waals surface area contributed by atoms with Crippen molar-refractivity contribution in [2.45, 2.75) is 38.8 Å². The molecule has 1 unspecified atom stereocenters. The third-order valence-electron chi connectivity index (χ3n) is 3.90. The fourth-order valence-electron chi connectivity index (χ4n) is 2.58. The van der Waals surface area contributed by atoms with Gasteiger partial charge in [0.25, 0.3) is 0 Å². The number of carboxylic acids is 2. The Balaban J connectivity index is 2.07. The highest BCUT2D eigenvalue weighted by Gasteiger charge is 2.24. The van der Waals surface area contributed by atoms with Crippen molar-refractivity contribution < 1.29 is 34.1 Å². The number of amides is 1. The van der Waals surface area contributed by atoms with E-state index in [0.717, 1.165) is 6.08 Å². The summed E-state index contributed by atoms with van der Waals surface area (Å²) in [7, 11) is 0. The summed E-state index contributed by atoms with van der Waals surface area (Å²) in [5.74, 6) is -1.27. The Hall–Kier alpha value is -3.81. The molecule has 164 valence electrons. The minimum Gasteiger partial charge on any atom is -0.480 e. The SMILES string of the molecule is CC(C)(C)OC(=O)NC(Cc1ccc(Oc2ccccc2C=CC(=O)O)cc1)C(=O)O. The zero-order chi connectivity index (χ0) is 23.0. The maximum absolute atomic E-state index is 11.9. The Bertz CT molecular complexity index is 959. The van der Waals surface area contributed by atoms with Crippen LogP contribution in [0.1, 0.15) is 31.9 Å². The molecule has 2 aromatic carbocycles. The van der Waals surface area contributed by atoms with E-state index in [2.05, 4.69) is 5.32 Å². The van der Waals surface area contributed by atoms with Gasteiger partial charge in [-0.1, -0.05) is 30.3 Å². The molecular weight excluding hydrogens is 402 g/mol. The van der Waals surface area contributed by atoms with Crippen LogP contribution in [0.3, 0.4) is 0 Å². The maximum atomic E-state index is 11.9. The second kappa shape index (κ2) is 10.3. The largest absolute Gasteiger partial charge is 0.480 e. The molecule has 0 aliphatic carbocycles. The first-order chi connectivity index (χ1) is 14.5. The second-order valence-electron chi connectivity index (χ2n) is 7.70. The van der Waals surface area contributed by atoms with Crippen LogP contribution in [0, 0.1) is 0 Å². The van der Waals surface area contributed by atoms with Crippen molar-refractivity contribution in [3.05, 3.63) is 65.7 Å². The van der Waals surface area contributed by atoms with Crippen LogP contribution in [0.4, 0.5) is 4.79 Å². The van der Waals surface area contributed by atoms with Crippen LogP contribution in [-0.2, 0) is 20.7 Å². The summed E-state index contributed by atoms with van der Waals surface area (Å²) in [6, 6.07) is 12.5. The lowest BCUT2D eigenvalue weighted by molar-refractivity contribution is -0.139. The molecule has 31 heavy (non-hydrogen) atoms. The van der Waals surface area contributed by atoms with Crippen LogP contribution >= 0.6 is 0 Å². The number of para-hydroxylation sites is 1. The first kappa shape index (κ1) is 23.5. The number of alkyl carbamates (subject to hydrolysis) is 1. The van der Waals surface area contributed by atoms with Crippen molar-refractivity contribution in [1.29, 1.82) is 0 Å². The zero-order valence-corrected chi connectivity index (χ0v) is 17.5. The Kier molecular flexibility index (Phi) is 7.79. The van der Waals surface area contributed by atoms with Crippen LogP contribution < -0.4 is 10.1 Å². The quantitative estimate of drug-likeness (QED) is 0.542. The van der Waals surface area contributed by atoms with Crippen molar-refractivity contribution in [2.24, 2.45) is 0 Å². The van der Waals surface area contributed by atoms with Crippen molar-refractivity contribution in [3.63, 3.8) is 0 Å². The molecule has 1 amide bonds. The Morgan fingerprint density at radius 1 is 1.03 bits per heavy atom. The van der Waals surface area contributed by atoms with E-state index in [4.69, 9.17) is 14.6 Å². The molecule has 8 nitrogen and oxygen atoms in total. The number of carbonyl (C=O) groups is 3. The summed E-state index contributed by atoms with van der Waals surface area (Å²) in [6.07, 6.45) is 1.72. The molecule has 1 atom stereocenters. The van der Waals surface area contributed by atoms with Crippen molar-refractivity contribution >= 4 is 24.1 Å². The Labute approximate surface area is 180 Å². The number of carbonyl (C=O) groups excluding carboxylic acids is 1. The van der Waals surface area contributed by atoms with E-state index in [0.29, 0.717) is 22.6 Å². The fourth-order valence-corrected chi connectivity index (χ4v) is 2.58. The van der Waals surface area contributed by atoms with Gasteiger partial charge in [0.2, 0.25) is 0 Å². The van der Waals surface area contributed by atoms with E-state index in [1.165, 1.54) is 6.08 Å². The molecule has 3 N–H and O–H groups in total. The first-order valence-corrected chi connectivity index (χ1v) is 9.52. The number of benzene rings is 2. The lowest BCUT2D eigenvalue weighted by Gasteiger charge is -2.22. The molecule has 0 aromatic heterocycles. The van der Waals surface area contributed by atoms with Gasteiger partial charge in [-0.05, 0) is 50.6 Å². The van der Waals surface area contributed by atoms with Gasteiger partial charge >= 0.3 is 18.0 Å². The Morgan fingerprint density at radius 2 is 1.68 bits per heavy atom. The van der Waals surface area contributed by atoms with Gasteiger partial charge in [0, 0.05) is 18.1 Å². The molecule has 0 spiro atoms. The summed E-state index contributed by atoms with van der Waals surface area (Å²) < 4.78 is 10.9. The molecule has 0 aliphatic rings. The molecule has 0 bridgehead atoms. The van der Waals surface area contributed by atoms with Gasteiger partial charge in [-0.3, -0.25) is 0 Å². The summed E-state index contributed by atoms with van der Waals surface area (Å²) in [6.45, 7) is 5.07. The van der Waals surface area contributed by atoms with Gasteiger partial charge in [0.1, 0.15) is 23.1 Å². The zero-order valence-electron chi connectivity index (χ0n) is 17.5. The lowest BCUT2D eigenvalue weighted by Crippen LogP contribution is -2.44. The highest BCUT2D eigenvalue weighted by molar-refractivity contribution is 5.86. The van der Waals surface area contributed by atoms with Gasteiger partial charge in [-0.15, -0.1) is 0 Å². The van der Waals surface area contributed by atoms with E-state index in [-0.39, 0.29) is 6.42 Å². The van der Waals surface area contributed by atoms with Crippen LogP contribution in [0.15, 0.2) is 54.6 Å². The predicted octanol–water partition coefficient (Wildman–Crippen LogP) is 4.10. The maximum Gasteiger partial charge on any atom is 0.408 e. The Morgan fingerprint density at radius 3 is 2.26 bits per heavy atom. The highest BCUT2D eigenvalue weighted by atomic mass is 16.6. The minimum atomic E-state index is -1.18. The number of hydrogen-bond donors (Lipinski definition) is 3.